The van der Waals surface area contributed by atoms with Crippen LogP contribution in [0.25, 0.3) is 0 Å². The maximum atomic E-state index is 4.57. The lowest BCUT2D eigenvalue weighted by Gasteiger charge is -2.28. The molecule has 2 aliphatic rings. The van der Waals surface area contributed by atoms with Gasteiger partial charge in [0.05, 0.1) is 9.41 Å². The van der Waals surface area contributed by atoms with Crippen LogP contribution < -0.4 is 0 Å². The molecule has 2 aliphatic carbocycles. The summed E-state index contributed by atoms with van der Waals surface area (Å²) in [6.45, 7) is 3.41. The molecule has 0 saturated heterocycles. The Morgan fingerprint density at radius 3 is 2.11 bits per heavy atom. The first-order valence-corrected chi connectivity index (χ1v) is 11.6. The summed E-state index contributed by atoms with van der Waals surface area (Å²) in [5.74, 6) is 0.433. The highest BCUT2D eigenvalue weighted by Crippen LogP contribution is 2.22. The zero-order valence-electron chi connectivity index (χ0n) is 15.8. The molecule has 0 N–H and O–H groups in total. The Morgan fingerprint density at radius 2 is 1.54 bits per heavy atom. The molecule has 0 amide bonds. The van der Waals surface area contributed by atoms with Crippen LogP contribution >= 0.6 is 50.5 Å². The minimum atomic E-state index is -0.102. The summed E-state index contributed by atoms with van der Waals surface area (Å²) in [7, 11) is 0. The van der Waals surface area contributed by atoms with Gasteiger partial charge >= 0.3 is 0 Å². The van der Waals surface area contributed by atoms with Crippen LogP contribution in [0.5, 0.6) is 0 Å². The number of thiol groups is 4. The quantitative estimate of drug-likeness (QED) is 0.288. The summed E-state index contributed by atoms with van der Waals surface area (Å²) in [5.41, 5.74) is 3.87. The van der Waals surface area contributed by atoms with Gasteiger partial charge in [-0.15, -0.1) is 50.5 Å². The summed E-state index contributed by atoms with van der Waals surface area (Å²) in [4.78, 5) is 4.54. The second-order valence-corrected chi connectivity index (χ2v) is 9.97. The summed E-state index contributed by atoms with van der Waals surface area (Å²) in [5, 5.41) is 0. The molecule has 2 nitrogen and oxygen atoms in total. The monoisotopic (exact) mass is 448 g/mol. The summed E-state index contributed by atoms with van der Waals surface area (Å²) < 4.78 is -0.196. The Hall–Kier alpha value is -0.500. The Bertz CT molecular complexity index is 756. The van der Waals surface area contributed by atoms with Gasteiger partial charge in [-0.2, -0.15) is 0 Å². The van der Waals surface area contributed by atoms with Crippen LogP contribution in [0.2, 0.25) is 0 Å². The minimum absolute atomic E-state index is 0.0945. The number of hydrogen-bond donors (Lipinski definition) is 4. The van der Waals surface area contributed by atoms with Gasteiger partial charge in [0.2, 0.25) is 0 Å². The molecule has 150 valence electrons. The van der Waals surface area contributed by atoms with E-state index < -0.39 is 0 Å². The normalized spacial score (nSPS) is 16.5. The number of rotatable bonds is 10. The van der Waals surface area contributed by atoms with Crippen molar-refractivity contribution in [2.75, 3.05) is 13.1 Å². The van der Waals surface area contributed by atoms with Gasteiger partial charge in [0.1, 0.15) is 0 Å². The Kier molecular flexibility index (Phi) is 8.75. The van der Waals surface area contributed by atoms with Gasteiger partial charge in [-0.05, 0) is 23.1 Å². The molecule has 28 heavy (non-hydrogen) atoms. The van der Waals surface area contributed by atoms with Crippen molar-refractivity contribution in [1.29, 1.82) is 0 Å². The van der Waals surface area contributed by atoms with E-state index in [4.69, 9.17) is 0 Å². The zero-order chi connectivity index (χ0) is 19.9. The fourth-order valence-electron chi connectivity index (χ4n) is 3.48. The highest BCUT2D eigenvalue weighted by atomic mass is 32.2. The largest absolute Gasteiger partial charge is 0.278 e. The molecule has 0 fully saturated rings. The first-order chi connectivity index (χ1) is 13.5. The van der Waals surface area contributed by atoms with Crippen LogP contribution in [-0.4, -0.2) is 32.3 Å². The molecule has 0 radical (unpaired) electrons. The number of nitrogens with zero attached hydrogens (tertiary/aromatic N) is 2. The molecule has 3 rings (SSSR count). The standard InChI is InChI=1S/C22H28N2S4/c25-21(26)23(13-17-6-1-2-7-17)15-19-10-5-11-20(12-19)16-24(22(27)28)14-18-8-3-4-9-18/h1-3,5-12,17,21-22,25-28H,4,13-16H2. The van der Waals surface area contributed by atoms with E-state index in [-0.39, 0.29) is 9.41 Å². The van der Waals surface area contributed by atoms with Gasteiger partial charge in [0.25, 0.3) is 0 Å². The maximum absolute atomic E-state index is 4.57. The SMILES string of the molecule is SC(S)N(CC1=CCC=C1)Cc1cccc(CN(CC2C=CC=C2)C(S)S)c1. The summed E-state index contributed by atoms with van der Waals surface area (Å²) >= 11 is 18.3. The van der Waals surface area contributed by atoms with Crippen molar-refractivity contribution >= 4 is 50.5 Å². The van der Waals surface area contributed by atoms with Crippen LogP contribution in [-0.2, 0) is 13.1 Å². The maximum Gasteiger partial charge on any atom is 0.0975 e. The van der Waals surface area contributed by atoms with Gasteiger partial charge < -0.3 is 0 Å². The van der Waals surface area contributed by atoms with Crippen LogP contribution in [0.3, 0.4) is 0 Å². The second-order valence-electron chi connectivity index (χ2n) is 7.20. The first kappa shape index (κ1) is 22.2. The number of allylic oxidation sites excluding steroid dienone is 4. The van der Waals surface area contributed by atoms with Crippen molar-refractivity contribution in [2.24, 2.45) is 5.92 Å². The number of hydrogen-bond acceptors (Lipinski definition) is 6. The van der Waals surface area contributed by atoms with Gasteiger partial charge in [-0.3, -0.25) is 9.80 Å². The lowest BCUT2D eigenvalue weighted by molar-refractivity contribution is 0.283. The van der Waals surface area contributed by atoms with E-state index >= 15 is 0 Å². The molecule has 0 aliphatic heterocycles. The second kappa shape index (κ2) is 11.0. The Balaban J connectivity index is 1.65. The van der Waals surface area contributed by atoms with Crippen LogP contribution in [0.4, 0.5) is 0 Å². The van der Waals surface area contributed by atoms with Crippen LogP contribution in [0.1, 0.15) is 17.5 Å². The molecular weight excluding hydrogens is 421 g/mol. The molecular formula is C22H28N2S4. The summed E-state index contributed by atoms with van der Waals surface area (Å²) in [6.07, 6.45) is 16.3. The molecule has 0 unspecified atom stereocenters. The topological polar surface area (TPSA) is 6.48 Å². The first-order valence-electron chi connectivity index (χ1n) is 9.50. The smallest absolute Gasteiger partial charge is 0.0975 e. The van der Waals surface area contributed by atoms with Crippen molar-refractivity contribution in [3.63, 3.8) is 0 Å². The predicted octanol–water partition coefficient (Wildman–Crippen LogP) is 5.21. The average Bonchev–Trinajstić information content (AvgIpc) is 3.35. The van der Waals surface area contributed by atoms with Crippen molar-refractivity contribution in [3.8, 4) is 0 Å². The van der Waals surface area contributed by atoms with Gasteiger partial charge in [0, 0.05) is 32.1 Å². The Labute approximate surface area is 191 Å². The van der Waals surface area contributed by atoms with Crippen molar-refractivity contribution in [2.45, 2.75) is 28.9 Å². The van der Waals surface area contributed by atoms with E-state index in [2.05, 4.69) is 127 Å². The van der Waals surface area contributed by atoms with Crippen LogP contribution in [0, 0.1) is 5.92 Å². The molecule has 0 atom stereocenters. The molecule has 0 aromatic heterocycles. The van der Waals surface area contributed by atoms with E-state index in [9.17, 15) is 0 Å². The molecule has 0 spiro atoms. The summed E-state index contributed by atoms with van der Waals surface area (Å²) in [6, 6.07) is 8.74. The minimum Gasteiger partial charge on any atom is -0.278 e. The molecule has 1 aromatic rings. The highest BCUT2D eigenvalue weighted by Gasteiger charge is 2.17. The molecule has 1 aromatic carbocycles. The molecule has 0 bridgehead atoms. The highest BCUT2D eigenvalue weighted by molar-refractivity contribution is 7.99. The fourth-order valence-corrected chi connectivity index (χ4v) is 4.16. The van der Waals surface area contributed by atoms with E-state index in [1.807, 2.05) is 0 Å². The van der Waals surface area contributed by atoms with E-state index in [0.717, 1.165) is 32.6 Å². The predicted molar refractivity (Wildman–Crippen MR) is 134 cm³/mol. The molecule has 6 heteroatoms. The van der Waals surface area contributed by atoms with Gasteiger partial charge in [0.15, 0.2) is 0 Å². The zero-order valence-corrected chi connectivity index (χ0v) is 19.4. The third kappa shape index (κ3) is 6.78. The van der Waals surface area contributed by atoms with Crippen molar-refractivity contribution in [3.05, 3.63) is 83.5 Å². The van der Waals surface area contributed by atoms with Gasteiger partial charge in [-0.1, -0.05) is 66.8 Å². The van der Waals surface area contributed by atoms with Crippen molar-refractivity contribution in [1.82, 2.24) is 9.80 Å². The number of benzene rings is 1. The molecule has 0 saturated carbocycles. The third-order valence-corrected chi connectivity index (χ3v) is 6.23. The lowest BCUT2D eigenvalue weighted by atomic mass is 10.1. The third-order valence-electron chi connectivity index (χ3n) is 4.92. The lowest BCUT2D eigenvalue weighted by Crippen LogP contribution is -2.31. The molecule has 0 heterocycles. The van der Waals surface area contributed by atoms with E-state index in [1.54, 1.807) is 0 Å². The van der Waals surface area contributed by atoms with E-state index in [1.165, 1.54) is 16.7 Å². The van der Waals surface area contributed by atoms with E-state index in [0.29, 0.717) is 5.92 Å². The average molecular weight is 449 g/mol. The van der Waals surface area contributed by atoms with Crippen molar-refractivity contribution < 1.29 is 0 Å². The fraction of sp³-hybridized carbons (Fsp3) is 0.364. The Morgan fingerprint density at radius 1 is 0.893 bits per heavy atom. The van der Waals surface area contributed by atoms with Crippen LogP contribution in [0.15, 0.2) is 72.4 Å². The van der Waals surface area contributed by atoms with Gasteiger partial charge in [-0.25, -0.2) is 0 Å².